The molecule has 4 aromatic rings. The van der Waals surface area contributed by atoms with E-state index in [2.05, 4.69) is 35.3 Å². The molecular formula is C25H21N3O2. The minimum Gasteiger partial charge on any atom is -0.478 e. The van der Waals surface area contributed by atoms with E-state index in [4.69, 9.17) is 5.11 Å². The normalized spacial score (nSPS) is 12.3. The molecule has 5 heteroatoms. The lowest BCUT2D eigenvalue weighted by atomic mass is 9.88. The molecule has 0 amide bonds. The van der Waals surface area contributed by atoms with Crippen molar-refractivity contribution in [2.24, 2.45) is 0 Å². The van der Waals surface area contributed by atoms with Crippen molar-refractivity contribution in [3.63, 3.8) is 0 Å². The van der Waals surface area contributed by atoms with Gasteiger partial charge in [0.15, 0.2) is 5.65 Å². The summed E-state index contributed by atoms with van der Waals surface area (Å²) in [7, 11) is 0. The molecule has 148 valence electrons. The van der Waals surface area contributed by atoms with Gasteiger partial charge in [-0.1, -0.05) is 61.5 Å². The number of aliphatic carboxylic acids is 1. The van der Waals surface area contributed by atoms with Crippen LogP contribution in [-0.2, 0) is 4.79 Å². The van der Waals surface area contributed by atoms with Gasteiger partial charge in [0, 0.05) is 12.3 Å². The second-order valence-electron chi connectivity index (χ2n) is 6.88. The number of hydrogen-bond acceptors (Lipinski definition) is 3. The van der Waals surface area contributed by atoms with Crippen molar-refractivity contribution in [1.82, 2.24) is 14.6 Å². The first kappa shape index (κ1) is 19.3. The van der Waals surface area contributed by atoms with Gasteiger partial charge in [-0.3, -0.25) is 4.40 Å². The molecule has 0 aliphatic heterocycles. The Balaban J connectivity index is 1.89. The summed E-state index contributed by atoms with van der Waals surface area (Å²) in [5.74, 6) is -0.960. The molecule has 2 aromatic heterocycles. The predicted octanol–water partition coefficient (Wildman–Crippen LogP) is 5.20. The molecule has 4 rings (SSSR count). The molecule has 5 nitrogen and oxygen atoms in total. The summed E-state index contributed by atoms with van der Waals surface area (Å²) in [6.45, 7) is 2.15. The lowest BCUT2D eigenvalue weighted by Gasteiger charge is -2.16. The molecule has 0 saturated heterocycles. The molecule has 0 aliphatic rings. The van der Waals surface area contributed by atoms with Crippen molar-refractivity contribution in [3.8, 4) is 0 Å². The van der Waals surface area contributed by atoms with Gasteiger partial charge in [-0.25, -0.2) is 4.79 Å². The molecule has 2 heterocycles. The molecule has 0 atom stereocenters. The maximum Gasteiger partial charge on any atom is 0.328 e. The van der Waals surface area contributed by atoms with Crippen LogP contribution in [0.25, 0.3) is 22.9 Å². The molecule has 1 N–H and O–H groups in total. The summed E-state index contributed by atoms with van der Waals surface area (Å²) < 4.78 is 1.88. The van der Waals surface area contributed by atoms with E-state index < -0.39 is 5.97 Å². The molecule has 2 aromatic carbocycles. The maximum absolute atomic E-state index is 10.8. The fraction of sp³-hybridized carbons (Fsp3) is 0.0800. The summed E-state index contributed by atoms with van der Waals surface area (Å²) in [4.78, 5) is 10.8. The quantitative estimate of drug-likeness (QED) is 0.360. The number of hydrogen-bond donors (Lipinski definition) is 1. The molecule has 0 bridgehead atoms. The van der Waals surface area contributed by atoms with Crippen LogP contribution in [0.15, 0.2) is 85.3 Å². The van der Waals surface area contributed by atoms with E-state index >= 15 is 0 Å². The number of rotatable bonds is 6. The summed E-state index contributed by atoms with van der Waals surface area (Å²) in [6, 6.07) is 22.4. The molecule has 0 spiro atoms. The van der Waals surface area contributed by atoms with Crippen molar-refractivity contribution in [1.29, 1.82) is 0 Å². The third kappa shape index (κ3) is 4.05. The second kappa shape index (κ2) is 8.57. The zero-order chi connectivity index (χ0) is 20.9. The molecule has 30 heavy (non-hydrogen) atoms. The van der Waals surface area contributed by atoms with E-state index in [1.165, 1.54) is 11.1 Å². The minimum absolute atomic E-state index is 0.787. The fourth-order valence-electron chi connectivity index (χ4n) is 3.58. The topological polar surface area (TPSA) is 67.5 Å². The van der Waals surface area contributed by atoms with Crippen LogP contribution >= 0.6 is 0 Å². The summed E-state index contributed by atoms with van der Waals surface area (Å²) in [5, 5.41) is 17.0. The van der Waals surface area contributed by atoms with Crippen LogP contribution in [0, 0.1) is 0 Å². The van der Waals surface area contributed by atoms with Gasteiger partial charge in [0.05, 0.1) is 0 Å². The lowest BCUT2D eigenvalue weighted by molar-refractivity contribution is -0.131. The number of carboxylic acids is 1. The van der Waals surface area contributed by atoms with Gasteiger partial charge in [-0.05, 0) is 58.0 Å². The van der Waals surface area contributed by atoms with Crippen molar-refractivity contribution in [3.05, 3.63) is 108 Å². The summed E-state index contributed by atoms with van der Waals surface area (Å²) in [5.41, 5.74) is 7.28. The van der Waals surface area contributed by atoms with Gasteiger partial charge in [-0.15, -0.1) is 10.2 Å². The molecular weight excluding hydrogens is 374 g/mol. The Morgan fingerprint density at radius 2 is 1.77 bits per heavy atom. The fourth-order valence-corrected chi connectivity index (χ4v) is 3.58. The number of pyridine rings is 1. The van der Waals surface area contributed by atoms with Crippen molar-refractivity contribution in [2.45, 2.75) is 13.3 Å². The van der Waals surface area contributed by atoms with Crippen LogP contribution < -0.4 is 0 Å². The third-order valence-electron chi connectivity index (χ3n) is 4.98. The van der Waals surface area contributed by atoms with E-state index in [0.717, 1.165) is 40.4 Å². The highest BCUT2D eigenvalue weighted by molar-refractivity contribution is 5.99. The van der Waals surface area contributed by atoms with Gasteiger partial charge in [0.25, 0.3) is 0 Å². The van der Waals surface area contributed by atoms with Crippen LogP contribution in [0.4, 0.5) is 0 Å². The number of allylic oxidation sites excluding steroid dienone is 1. The van der Waals surface area contributed by atoms with E-state index in [-0.39, 0.29) is 0 Å². The number of benzene rings is 2. The first-order valence-electron chi connectivity index (χ1n) is 9.75. The zero-order valence-corrected chi connectivity index (χ0v) is 16.6. The Morgan fingerprint density at radius 1 is 1.00 bits per heavy atom. The predicted molar refractivity (Wildman–Crippen MR) is 119 cm³/mol. The summed E-state index contributed by atoms with van der Waals surface area (Å²) in [6.07, 6.45) is 7.25. The Morgan fingerprint density at radius 3 is 2.47 bits per heavy atom. The highest BCUT2D eigenvalue weighted by atomic mass is 16.4. The monoisotopic (exact) mass is 395 g/mol. The average Bonchev–Trinajstić information content (AvgIpc) is 3.25. The Bertz CT molecular complexity index is 1240. The highest BCUT2D eigenvalue weighted by Crippen LogP contribution is 2.34. The molecule has 0 aliphatic carbocycles. The largest absolute Gasteiger partial charge is 0.478 e. The number of nitrogens with zero attached hydrogens (tertiary/aromatic N) is 3. The van der Waals surface area contributed by atoms with Gasteiger partial charge in [-0.2, -0.15) is 0 Å². The number of carboxylic acid groups (broad SMARTS) is 1. The molecule has 0 unspecified atom stereocenters. The van der Waals surface area contributed by atoms with Gasteiger partial charge < -0.3 is 5.11 Å². The number of aromatic nitrogens is 3. The van der Waals surface area contributed by atoms with Crippen LogP contribution in [-0.4, -0.2) is 25.7 Å². The Kier molecular flexibility index (Phi) is 5.52. The van der Waals surface area contributed by atoms with Crippen molar-refractivity contribution >= 4 is 28.8 Å². The first-order valence-corrected chi connectivity index (χ1v) is 9.75. The van der Waals surface area contributed by atoms with E-state index in [1.54, 1.807) is 12.4 Å². The Labute approximate surface area is 174 Å². The Hall–Kier alpha value is -3.99. The molecule has 0 saturated carbocycles. The molecule has 0 fully saturated rings. The third-order valence-corrected chi connectivity index (χ3v) is 4.98. The minimum atomic E-state index is -0.960. The average molecular weight is 395 g/mol. The smallest absolute Gasteiger partial charge is 0.328 e. The molecule has 0 radical (unpaired) electrons. The lowest BCUT2D eigenvalue weighted by Crippen LogP contribution is -1.96. The number of fused-ring (bicyclic) bond motifs is 1. The van der Waals surface area contributed by atoms with E-state index in [0.29, 0.717) is 0 Å². The summed E-state index contributed by atoms with van der Waals surface area (Å²) >= 11 is 0. The van der Waals surface area contributed by atoms with Crippen molar-refractivity contribution < 1.29 is 9.90 Å². The highest BCUT2D eigenvalue weighted by Gasteiger charge is 2.14. The first-order chi connectivity index (χ1) is 14.7. The maximum atomic E-state index is 10.8. The van der Waals surface area contributed by atoms with E-state index in [1.807, 2.05) is 59.1 Å². The SMILES string of the molecule is CC/C(=C(/c1ccc(/C=C/C(=O)O)cc1)c1ccn2cnnc2c1)c1ccccc1. The van der Waals surface area contributed by atoms with Gasteiger partial charge >= 0.3 is 5.97 Å². The second-order valence-corrected chi connectivity index (χ2v) is 6.88. The van der Waals surface area contributed by atoms with Crippen LogP contribution in [0.3, 0.4) is 0 Å². The van der Waals surface area contributed by atoms with Gasteiger partial charge in [0.2, 0.25) is 0 Å². The van der Waals surface area contributed by atoms with Gasteiger partial charge in [0.1, 0.15) is 6.33 Å². The number of carbonyl (C=O) groups is 1. The zero-order valence-electron chi connectivity index (χ0n) is 16.6. The van der Waals surface area contributed by atoms with E-state index in [9.17, 15) is 4.79 Å². The van der Waals surface area contributed by atoms with Crippen LogP contribution in [0.5, 0.6) is 0 Å². The standard InChI is InChI=1S/C25H21N3O2/c1-2-22(19-6-4-3-5-7-19)25(21-14-15-28-17-26-27-23(28)16-21)20-11-8-18(9-12-20)10-13-24(29)30/h3-17H,2H2,1H3,(H,29,30)/b13-10+,25-22+. The van der Waals surface area contributed by atoms with Crippen LogP contribution in [0.1, 0.15) is 35.6 Å². The van der Waals surface area contributed by atoms with Crippen molar-refractivity contribution in [2.75, 3.05) is 0 Å². The van der Waals surface area contributed by atoms with Crippen LogP contribution in [0.2, 0.25) is 0 Å².